The molecule has 0 spiro atoms. The van der Waals surface area contributed by atoms with E-state index in [1.807, 2.05) is 22.7 Å². The van der Waals surface area contributed by atoms with Gasteiger partial charge in [-0.1, -0.05) is 0 Å². The van der Waals surface area contributed by atoms with E-state index in [1.165, 1.54) is 0 Å². The lowest BCUT2D eigenvalue weighted by molar-refractivity contribution is -0.0178. The molecule has 1 aliphatic heterocycles. The number of hydrogen-bond donors (Lipinski definition) is 0. The summed E-state index contributed by atoms with van der Waals surface area (Å²) >= 11 is 0. The van der Waals surface area contributed by atoms with Crippen LogP contribution in [-0.2, 0) is 4.74 Å². The molecule has 1 saturated heterocycles. The lowest BCUT2D eigenvalue weighted by atomic mass is 10.1. The number of aromatic nitrogens is 6. The van der Waals surface area contributed by atoms with Crippen molar-refractivity contribution in [3.8, 4) is 11.3 Å². The van der Waals surface area contributed by atoms with E-state index in [0.29, 0.717) is 30.5 Å². The van der Waals surface area contributed by atoms with E-state index >= 15 is 4.39 Å². The topological polar surface area (TPSA) is 81.9 Å². The molecule has 1 saturated carbocycles. The summed E-state index contributed by atoms with van der Waals surface area (Å²) in [4.78, 5) is 20.1. The maximum atomic E-state index is 15.3. The molecule has 4 aromatic rings. The Kier molecular flexibility index (Phi) is 4.45. The number of nitrogens with zero attached hydrogens (tertiary/aromatic N) is 7. The first-order valence-corrected chi connectivity index (χ1v) is 11.5. The summed E-state index contributed by atoms with van der Waals surface area (Å²) in [5, 5.41) is 4.47. The van der Waals surface area contributed by atoms with Gasteiger partial charge in [-0.2, -0.15) is 10.1 Å². The van der Waals surface area contributed by atoms with Gasteiger partial charge >= 0.3 is 0 Å². The fourth-order valence-corrected chi connectivity index (χ4v) is 4.30. The largest absolute Gasteiger partial charge is 0.367 e. The highest BCUT2D eigenvalue weighted by molar-refractivity contribution is 5.88. The maximum Gasteiger partial charge on any atom is 0.228 e. The normalized spacial score (nSPS) is 21.7. The van der Waals surface area contributed by atoms with Crippen molar-refractivity contribution in [2.45, 2.75) is 51.9 Å². The van der Waals surface area contributed by atoms with E-state index in [1.54, 1.807) is 20.0 Å². The van der Waals surface area contributed by atoms with Crippen LogP contribution in [0, 0.1) is 25.5 Å². The third-order valence-corrected chi connectivity index (χ3v) is 6.36. The van der Waals surface area contributed by atoms with Gasteiger partial charge in [0, 0.05) is 29.9 Å². The highest BCUT2D eigenvalue weighted by Gasteiger charge is 2.32. The van der Waals surface area contributed by atoms with Crippen LogP contribution < -0.4 is 4.90 Å². The Morgan fingerprint density at radius 1 is 1.06 bits per heavy atom. The molecule has 0 radical (unpaired) electrons. The van der Waals surface area contributed by atoms with Crippen LogP contribution in [0.2, 0.25) is 0 Å². The Morgan fingerprint density at radius 2 is 1.86 bits per heavy atom. The van der Waals surface area contributed by atoms with Gasteiger partial charge in [-0.15, -0.1) is 0 Å². The average Bonchev–Trinajstić information content (AvgIpc) is 3.63. The van der Waals surface area contributed by atoms with Crippen molar-refractivity contribution >= 4 is 17.1 Å². The van der Waals surface area contributed by atoms with Crippen LogP contribution in [0.1, 0.15) is 53.0 Å². The summed E-state index contributed by atoms with van der Waals surface area (Å²) in [6.45, 7) is 6.25. The minimum Gasteiger partial charge on any atom is -0.367 e. The van der Waals surface area contributed by atoms with Gasteiger partial charge in [0.25, 0.3) is 0 Å². The molecule has 1 aromatic carbocycles. The summed E-state index contributed by atoms with van der Waals surface area (Å²) in [5.74, 6) is -2.47. The highest BCUT2D eigenvalue weighted by Crippen LogP contribution is 2.36. The van der Waals surface area contributed by atoms with Crippen LogP contribution in [-0.4, -0.2) is 48.9 Å². The molecule has 0 amide bonds. The van der Waals surface area contributed by atoms with Gasteiger partial charge in [0.1, 0.15) is 28.9 Å². The molecule has 8 nitrogen and oxygen atoms in total. The Labute approximate surface area is 205 Å². The number of anilines is 1. The number of rotatable bonds is 4. The second-order valence-electron chi connectivity index (χ2n) is 9.14. The SMILES string of the molecule is [2H]c1c([2H])c(-c2nc(N3C[C@@H](C)O[C@@H](c4cnn(C5CC5)c4)C3)nc3nc(C)c(C)nc23)c(F)c([2H])c1F. The summed E-state index contributed by atoms with van der Waals surface area (Å²) in [6, 6.07) is -2.27. The third-order valence-electron chi connectivity index (χ3n) is 6.36. The van der Waals surface area contributed by atoms with Gasteiger partial charge in [0.05, 0.1) is 40.4 Å². The van der Waals surface area contributed by atoms with E-state index in [-0.39, 0.29) is 35.0 Å². The van der Waals surface area contributed by atoms with E-state index in [4.69, 9.17) is 8.85 Å². The fraction of sp³-hybridized carbons (Fsp3) is 0.400. The Hall–Kier alpha value is -3.53. The summed E-state index contributed by atoms with van der Waals surface area (Å²) in [6.07, 6.45) is 5.51. The fourth-order valence-electron chi connectivity index (χ4n) is 4.30. The van der Waals surface area contributed by atoms with E-state index in [9.17, 15) is 4.39 Å². The zero-order valence-electron chi connectivity index (χ0n) is 22.5. The molecule has 0 unspecified atom stereocenters. The van der Waals surface area contributed by atoms with Gasteiger partial charge in [-0.05, 0) is 45.7 Å². The minimum atomic E-state index is -1.40. The minimum absolute atomic E-state index is 0.109. The first-order valence-electron chi connectivity index (χ1n) is 13.0. The van der Waals surface area contributed by atoms with Crippen LogP contribution in [0.15, 0.2) is 30.5 Å². The van der Waals surface area contributed by atoms with Crippen LogP contribution in [0.25, 0.3) is 22.4 Å². The van der Waals surface area contributed by atoms with E-state index < -0.39 is 35.3 Å². The molecular weight excluding hydrogens is 452 g/mol. The maximum absolute atomic E-state index is 15.3. The molecule has 6 rings (SSSR count). The first-order chi connectivity index (χ1) is 18.1. The van der Waals surface area contributed by atoms with Crippen LogP contribution in [0.3, 0.4) is 0 Å². The molecule has 0 bridgehead atoms. The van der Waals surface area contributed by atoms with E-state index in [2.05, 4.69) is 25.0 Å². The zero-order chi connectivity index (χ0) is 26.9. The molecule has 3 aromatic heterocycles. The standard InChI is InChI=1S/C25H25F2N7O/c1-13-10-33(12-21(35-13)16-9-28-34(11-16)18-5-6-18)25-31-22(19-7-4-17(26)8-20(19)27)23-24(32-25)30-15(3)14(2)29-23/h4,7-9,11,13,18,21H,5-6,10,12H2,1-3H3/t13-,21-/m1/s1/i4D,7D,8D. The Morgan fingerprint density at radius 3 is 2.66 bits per heavy atom. The summed E-state index contributed by atoms with van der Waals surface area (Å²) in [5.41, 5.74) is 1.79. The quantitative estimate of drug-likeness (QED) is 0.426. The van der Waals surface area contributed by atoms with Crippen molar-refractivity contribution in [3.63, 3.8) is 0 Å². The predicted octanol–water partition coefficient (Wildman–Crippen LogP) is 4.48. The Bertz CT molecular complexity index is 1560. The molecule has 180 valence electrons. The van der Waals surface area contributed by atoms with Crippen molar-refractivity contribution in [1.29, 1.82) is 0 Å². The molecular formula is C25H25F2N7O. The molecule has 2 aliphatic rings. The number of hydrogen-bond acceptors (Lipinski definition) is 7. The van der Waals surface area contributed by atoms with Gasteiger partial charge in [0.2, 0.25) is 5.95 Å². The van der Waals surface area contributed by atoms with Crippen molar-refractivity contribution in [1.82, 2.24) is 29.7 Å². The second kappa shape index (κ2) is 8.30. The number of halogens is 2. The zero-order valence-corrected chi connectivity index (χ0v) is 19.5. The molecule has 1 aliphatic carbocycles. The lowest BCUT2D eigenvalue weighted by Gasteiger charge is -2.36. The number of fused-ring (bicyclic) bond motifs is 1. The van der Waals surface area contributed by atoms with Crippen molar-refractivity contribution in [3.05, 3.63) is 59.1 Å². The van der Waals surface area contributed by atoms with Crippen molar-refractivity contribution in [2.24, 2.45) is 0 Å². The van der Waals surface area contributed by atoms with Crippen LogP contribution in [0.4, 0.5) is 14.7 Å². The smallest absolute Gasteiger partial charge is 0.228 e. The van der Waals surface area contributed by atoms with Crippen LogP contribution in [0.5, 0.6) is 0 Å². The van der Waals surface area contributed by atoms with E-state index in [0.717, 1.165) is 18.4 Å². The molecule has 4 heterocycles. The van der Waals surface area contributed by atoms with Crippen molar-refractivity contribution in [2.75, 3.05) is 18.0 Å². The second-order valence-corrected chi connectivity index (χ2v) is 9.14. The summed E-state index contributed by atoms with van der Waals surface area (Å²) < 4.78 is 61.8. The number of aryl methyl sites for hydroxylation is 2. The monoisotopic (exact) mass is 480 g/mol. The molecule has 10 heteroatoms. The van der Waals surface area contributed by atoms with Gasteiger partial charge in [-0.3, -0.25) is 4.68 Å². The summed E-state index contributed by atoms with van der Waals surface area (Å²) in [7, 11) is 0. The first kappa shape index (κ1) is 18.8. The predicted molar refractivity (Wildman–Crippen MR) is 126 cm³/mol. The average molecular weight is 481 g/mol. The molecule has 2 atom stereocenters. The number of benzene rings is 1. The van der Waals surface area contributed by atoms with Gasteiger partial charge < -0.3 is 9.64 Å². The number of ether oxygens (including phenoxy) is 1. The highest BCUT2D eigenvalue weighted by atomic mass is 19.1. The third kappa shape index (κ3) is 4.12. The Balaban J connectivity index is 1.49. The lowest BCUT2D eigenvalue weighted by Crippen LogP contribution is -2.43. The van der Waals surface area contributed by atoms with Crippen LogP contribution >= 0.6 is 0 Å². The molecule has 2 fully saturated rings. The van der Waals surface area contributed by atoms with Gasteiger partial charge in [0.15, 0.2) is 5.65 Å². The van der Waals surface area contributed by atoms with Gasteiger partial charge in [-0.25, -0.2) is 23.7 Å². The number of morpholine rings is 1. The molecule has 35 heavy (non-hydrogen) atoms. The van der Waals surface area contributed by atoms with Crippen molar-refractivity contribution < 1.29 is 17.6 Å². The molecule has 0 N–H and O–H groups in total.